The highest BCUT2D eigenvalue weighted by atomic mass is 19.4. The maximum atomic E-state index is 10.6. The molecule has 0 aliphatic carbocycles. The predicted molar refractivity (Wildman–Crippen MR) is 48.8 cm³/mol. The molecule has 1 aromatic rings. The normalized spacial score (nSPS) is 10.1. The molecular weight excluding hydrogens is 245 g/mol. The van der Waals surface area contributed by atoms with Gasteiger partial charge in [-0.15, -0.1) is 0 Å². The van der Waals surface area contributed by atoms with Crippen LogP contribution in [-0.4, -0.2) is 33.4 Å². The van der Waals surface area contributed by atoms with E-state index in [1.165, 1.54) is 12.1 Å². The number of carboxylic acids is 2. The molecule has 1 aromatic carbocycles. The van der Waals surface area contributed by atoms with Crippen LogP contribution in [-0.2, 0) is 4.79 Å². The Morgan fingerprint density at radius 3 is 1.71 bits per heavy atom. The second-order valence-corrected chi connectivity index (χ2v) is 2.63. The van der Waals surface area contributed by atoms with Crippen molar-refractivity contribution in [2.45, 2.75) is 6.18 Å². The first-order chi connectivity index (χ1) is 7.66. The van der Waals surface area contributed by atoms with Crippen LogP contribution in [0.3, 0.4) is 0 Å². The molecule has 0 amide bonds. The maximum absolute atomic E-state index is 10.6. The van der Waals surface area contributed by atoms with Crippen molar-refractivity contribution >= 4 is 11.9 Å². The van der Waals surface area contributed by atoms with Crippen molar-refractivity contribution in [3.63, 3.8) is 0 Å². The zero-order valence-corrected chi connectivity index (χ0v) is 8.10. The average molecular weight is 252 g/mol. The lowest BCUT2D eigenvalue weighted by atomic mass is 10.2. The Labute approximate surface area is 92.7 Å². The second-order valence-electron chi connectivity index (χ2n) is 2.63. The number of aromatic hydroxyl groups is 1. The molecule has 0 bridgehead atoms. The first-order valence-electron chi connectivity index (χ1n) is 3.97. The summed E-state index contributed by atoms with van der Waals surface area (Å²) in [5.41, 5.74) is -0.0671. The van der Waals surface area contributed by atoms with Crippen LogP contribution in [0.4, 0.5) is 13.2 Å². The summed E-state index contributed by atoms with van der Waals surface area (Å²) < 4.78 is 31.7. The van der Waals surface area contributed by atoms with E-state index < -0.39 is 18.1 Å². The Hall–Kier alpha value is -2.25. The fraction of sp³-hybridized carbons (Fsp3) is 0.111. The molecule has 1 rings (SSSR count). The number of phenols is 1. The van der Waals surface area contributed by atoms with E-state index in [4.69, 9.17) is 20.1 Å². The monoisotopic (exact) mass is 252 g/mol. The lowest BCUT2D eigenvalue weighted by Gasteiger charge is -1.95. The SMILES string of the molecule is O=C(O)C(F)(F)F.O=C(O)c1ccccc1O. The van der Waals surface area contributed by atoms with Gasteiger partial charge in [0.1, 0.15) is 11.3 Å². The number of hydrogen-bond donors (Lipinski definition) is 3. The molecule has 0 saturated carbocycles. The van der Waals surface area contributed by atoms with Gasteiger partial charge in [-0.2, -0.15) is 13.2 Å². The lowest BCUT2D eigenvalue weighted by molar-refractivity contribution is -0.192. The molecule has 0 unspecified atom stereocenters. The van der Waals surface area contributed by atoms with E-state index in [2.05, 4.69) is 0 Å². The fourth-order valence-electron chi connectivity index (χ4n) is 0.654. The molecule has 0 aromatic heterocycles. The highest BCUT2D eigenvalue weighted by Crippen LogP contribution is 2.14. The highest BCUT2D eigenvalue weighted by molar-refractivity contribution is 5.90. The van der Waals surface area contributed by atoms with Gasteiger partial charge in [0.05, 0.1) is 0 Å². The zero-order valence-electron chi connectivity index (χ0n) is 8.10. The summed E-state index contributed by atoms with van der Waals surface area (Å²) in [4.78, 5) is 19.2. The molecule has 0 fully saturated rings. The smallest absolute Gasteiger partial charge is 0.490 e. The number of hydrogen-bond acceptors (Lipinski definition) is 3. The van der Waals surface area contributed by atoms with Gasteiger partial charge in [0, 0.05) is 0 Å². The lowest BCUT2D eigenvalue weighted by Crippen LogP contribution is -2.21. The van der Waals surface area contributed by atoms with Crippen molar-refractivity contribution in [1.29, 1.82) is 0 Å². The molecule has 0 radical (unpaired) electrons. The Bertz CT molecular complexity index is 413. The minimum Gasteiger partial charge on any atom is -0.507 e. The molecular formula is C9H7F3O5. The molecule has 0 heterocycles. The van der Waals surface area contributed by atoms with E-state index in [1.807, 2.05) is 0 Å². The average Bonchev–Trinajstić information content (AvgIpc) is 2.17. The van der Waals surface area contributed by atoms with Gasteiger partial charge in [0.2, 0.25) is 0 Å². The molecule has 8 heteroatoms. The fourth-order valence-corrected chi connectivity index (χ4v) is 0.654. The van der Waals surface area contributed by atoms with Crippen LogP contribution in [0.1, 0.15) is 10.4 Å². The van der Waals surface area contributed by atoms with Crippen molar-refractivity contribution < 1.29 is 38.1 Å². The summed E-state index contributed by atoms with van der Waals surface area (Å²) in [6.07, 6.45) is -5.08. The largest absolute Gasteiger partial charge is 0.507 e. The molecule has 0 atom stereocenters. The Balaban J connectivity index is 0.000000325. The van der Waals surface area contributed by atoms with E-state index in [-0.39, 0.29) is 11.3 Å². The minimum absolute atomic E-state index is 0.0671. The van der Waals surface area contributed by atoms with E-state index in [9.17, 15) is 18.0 Å². The molecule has 3 N–H and O–H groups in total. The van der Waals surface area contributed by atoms with Gasteiger partial charge in [0.25, 0.3) is 0 Å². The van der Waals surface area contributed by atoms with E-state index in [1.54, 1.807) is 12.1 Å². The Morgan fingerprint density at radius 1 is 1.06 bits per heavy atom. The maximum Gasteiger partial charge on any atom is 0.490 e. The summed E-state index contributed by atoms with van der Waals surface area (Å²) in [6.45, 7) is 0. The van der Waals surface area contributed by atoms with E-state index in [0.717, 1.165) is 0 Å². The van der Waals surface area contributed by atoms with Gasteiger partial charge in [-0.3, -0.25) is 0 Å². The van der Waals surface area contributed by atoms with Gasteiger partial charge in [-0.05, 0) is 12.1 Å². The summed E-state index contributed by atoms with van der Waals surface area (Å²) >= 11 is 0. The van der Waals surface area contributed by atoms with Crippen molar-refractivity contribution in [2.75, 3.05) is 0 Å². The minimum atomic E-state index is -5.08. The summed E-state index contributed by atoms with van der Waals surface area (Å²) in [5.74, 6) is -4.07. The third-order valence-corrected chi connectivity index (χ3v) is 1.38. The van der Waals surface area contributed by atoms with Crippen molar-refractivity contribution in [3.8, 4) is 5.75 Å². The topological polar surface area (TPSA) is 94.8 Å². The van der Waals surface area contributed by atoms with Crippen molar-refractivity contribution in [3.05, 3.63) is 29.8 Å². The first-order valence-corrected chi connectivity index (χ1v) is 3.97. The van der Waals surface area contributed by atoms with Gasteiger partial charge in [0.15, 0.2) is 0 Å². The quantitative estimate of drug-likeness (QED) is 0.707. The number of para-hydroxylation sites is 1. The first kappa shape index (κ1) is 14.8. The molecule has 0 aliphatic rings. The van der Waals surface area contributed by atoms with Crippen LogP contribution in [0.2, 0.25) is 0 Å². The number of benzene rings is 1. The summed E-state index contributed by atoms with van der Waals surface area (Å²) in [7, 11) is 0. The molecule has 94 valence electrons. The number of carboxylic acid groups (broad SMARTS) is 2. The number of carbonyl (C=O) groups is 2. The third-order valence-electron chi connectivity index (χ3n) is 1.38. The summed E-state index contributed by atoms with van der Waals surface area (Å²) in [5, 5.41) is 24.4. The molecule has 0 spiro atoms. The standard InChI is InChI=1S/C7H6O3.C2HF3O2/c8-6-4-2-1-3-5(6)7(9)10;3-2(4,5)1(6)7/h1-4,8H,(H,9,10);(H,6,7). The van der Waals surface area contributed by atoms with Crippen LogP contribution in [0.5, 0.6) is 5.75 Å². The predicted octanol–water partition coefficient (Wildman–Crippen LogP) is 1.72. The number of rotatable bonds is 1. The molecule has 17 heavy (non-hydrogen) atoms. The van der Waals surface area contributed by atoms with Crippen LogP contribution in [0.15, 0.2) is 24.3 Å². The van der Waals surface area contributed by atoms with Crippen LogP contribution in [0.25, 0.3) is 0 Å². The molecule has 0 saturated heterocycles. The van der Waals surface area contributed by atoms with Gasteiger partial charge in [-0.25, -0.2) is 9.59 Å². The van der Waals surface area contributed by atoms with Crippen molar-refractivity contribution in [1.82, 2.24) is 0 Å². The van der Waals surface area contributed by atoms with Crippen LogP contribution >= 0.6 is 0 Å². The molecule has 0 aliphatic heterocycles. The Morgan fingerprint density at radius 2 is 1.47 bits per heavy atom. The van der Waals surface area contributed by atoms with Crippen molar-refractivity contribution in [2.24, 2.45) is 0 Å². The van der Waals surface area contributed by atoms with Gasteiger partial charge in [-0.1, -0.05) is 12.1 Å². The van der Waals surface area contributed by atoms with E-state index >= 15 is 0 Å². The zero-order chi connectivity index (χ0) is 13.6. The van der Waals surface area contributed by atoms with E-state index in [0.29, 0.717) is 0 Å². The number of aliphatic carboxylic acids is 1. The number of aromatic carboxylic acids is 1. The van der Waals surface area contributed by atoms with Gasteiger partial charge >= 0.3 is 18.1 Å². The number of alkyl halides is 3. The molecule has 5 nitrogen and oxygen atoms in total. The number of halogens is 3. The van der Waals surface area contributed by atoms with Gasteiger partial charge < -0.3 is 15.3 Å². The van der Waals surface area contributed by atoms with Crippen LogP contribution < -0.4 is 0 Å². The highest BCUT2D eigenvalue weighted by Gasteiger charge is 2.38. The second kappa shape index (κ2) is 5.73. The third kappa shape index (κ3) is 5.40. The Kier molecular flexibility index (Phi) is 4.97. The van der Waals surface area contributed by atoms with Crippen LogP contribution in [0, 0.1) is 0 Å². The summed E-state index contributed by atoms with van der Waals surface area (Å²) in [6, 6.07) is 5.81.